The molecule has 0 saturated carbocycles. The zero-order chi connectivity index (χ0) is 47.2. The molecule has 0 aliphatic heterocycles. The van der Waals surface area contributed by atoms with Crippen molar-refractivity contribution in [3.05, 3.63) is 48.6 Å². The van der Waals surface area contributed by atoms with Crippen LogP contribution in [0.4, 0.5) is 0 Å². The van der Waals surface area contributed by atoms with Crippen molar-refractivity contribution >= 4 is 11.9 Å². The maximum Gasteiger partial charge on any atom is 0.305 e. The maximum absolute atomic E-state index is 12.5. The molecule has 0 spiro atoms. The summed E-state index contributed by atoms with van der Waals surface area (Å²) in [5.74, 6) is -0.104. The summed E-state index contributed by atoms with van der Waals surface area (Å²) in [6.45, 7) is 4.85. The molecule has 0 saturated heterocycles. The predicted octanol–water partition coefficient (Wildman–Crippen LogP) is 17.4. The highest BCUT2D eigenvalue weighted by Gasteiger charge is 2.18. The van der Waals surface area contributed by atoms with Crippen LogP contribution in [-0.2, 0) is 14.3 Å². The van der Waals surface area contributed by atoms with Crippen LogP contribution in [0.2, 0.25) is 0 Å². The number of ether oxygens (including phenoxy) is 1. The molecule has 6 heteroatoms. The van der Waals surface area contributed by atoms with Crippen molar-refractivity contribution in [1.82, 2.24) is 5.32 Å². The van der Waals surface area contributed by atoms with E-state index in [4.69, 9.17) is 4.74 Å². The monoisotopic (exact) mass is 912 g/mol. The number of amides is 1. The van der Waals surface area contributed by atoms with Crippen LogP contribution >= 0.6 is 0 Å². The average molecular weight is 913 g/mol. The second-order valence-corrected chi connectivity index (χ2v) is 19.3. The third-order valence-electron chi connectivity index (χ3n) is 12.8. The number of carbonyl (C=O) groups is 2. The summed E-state index contributed by atoms with van der Waals surface area (Å²) in [6, 6.07) is -0.641. The van der Waals surface area contributed by atoms with Crippen LogP contribution in [0.25, 0.3) is 0 Å². The lowest BCUT2D eigenvalue weighted by atomic mass is 10.0. The molecule has 0 radical (unpaired) electrons. The number of hydrogen-bond donors (Lipinski definition) is 3. The second kappa shape index (κ2) is 54.4. The number of carbonyl (C=O) groups excluding carboxylic acids is 2. The van der Waals surface area contributed by atoms with Gasteiger partial charge in [-0.25, -0.2) is 0 Å². The average Bonchev–Trinajstić information content (AvgIpc) is 3.31. The van der Waals surface area contributed by atoms with Crippen molar-refractivity contribution in [2.75, 3.05) is 13.2 Å². The summed E-state index contributed by atoms with van der Waals surface area (Å²) in [5.41, 5.74) is 0. The summed E-state index contributed by atoms with van der Waals surface area (Å²) in [6.07, 6.45) is 68.3. The Morgan fingerprint density at radius 2 is 0.769 bits per heavy atom. The zero-order valence-electron chi connectivity index (χ0n) is 43.2. The van der Waals surface area contributed by atoms with E-state index in [1.807, 2.05) is 6.08 Å². The van der Waals surface area contributed by atoms with Crippen LogP contribution in [0, 0.1) is 0 Å². The summed E-state index contributed by atoms with van der Waals surface area (Å²) in [7, 11) is 0. The molecular weight excluding hydrogens is 803 g/mol. The molecule has 1 amide bonds. The number of esters is 1. The van der Waals surface area contributed by atoms with Gasteiger partial charge in [-0.05, 0) is 89.9 Å². The van der Waals surface area contributed by atoms with Gasteiger partial charge in [0.15, 0.2) is 0 Å². The van der Waals surface area contributed by atoms with Crippen LogP contribution in [0.1, 0.15) is 290 Å². The van der Waals surface area contributed by atoms with Gasteiger partial charge in [0.1, 0.15) is 0 Å². The number of allylic oxidation sites excluding steroid dienone is 7. The van der Waals surface area contributed by atoms with E-state index in [2.05, 4.69) is 55.6 Å². The summed E-state index contributed by atoms with van der Waals surface area (Å²) >= 11 is 0. The van der Waals surface area contributed by atoms with Gasteiger partial charge in [0.05, 0.1) is 25.4 Å². The molecule has 0 aromatic rings. The van der Waals surface area contributed by atoms with Crippen molar-refractivity contribution in [2.24, 2.45) is 0 Å². The van der Waals surface area contributed by atoms with E-state index in [1.165, 1.54) is 193 Å². The van der Waals surface area contributed by atoms with Crippen LogP contribution in [-0.4, -0.2) is 47.4 Å². The van der Waals surface area contributed by atoms with Gasteiger partial charge in [-0.15, -0.1) is 0 Å². The van der Waals surface area contributed by atoms with Crippen molar-refractivity contribution in [3.8, 4) is 0 Å². The molecule has 65 heavy (non-hydrogen) atoms. The zero-order valence-corrected chi connectivity index (χ0v) is 43.2. The maximum atomic E-state index is 12.5. The third kappa shape index (κ3) is 51.1. The Balaban J connectivity index is 3.52. The lowest BCUT2D eigenvalue weighted by Gasteiger charge is -2.20. The minimum atomic E-state index is -0.856. The number of aliphatic hydroxyl groups is 2. The van der Waals surface area contributed by atoms with Crippen LogP contribution in [0.15, 0.2) is 48.6 Å². The molecule has 0 heterocycles. The first-order chi connectivity index (χ1) is 32.0. The van der Waals surface area contributed by atoms with Crippen LogP contribution in [0.5, 0.6) is 0 Å². The molecule has 0 fully saturated rings. The van der Waals surface area contributed by atoms with E-state index < -0.39 is 12.1 Å². The molecule has 0 aliphatic rings. The first-order valence-corrected chi connectivity index (χ1v) is 28.4. The van der Waals surface area contributed by atoms with Crippen LogP contribution < -0.4 is 5.32 Å². The Bertz CT molecular complexity index is 1100. The highest BCUT2D eigenvalue weighted by Crippen LogP contribution is 2.16. The molecule has 3 N–H and O–H groups in total. The largest absolute Gasteiger partial charge is 0.466 e. The van der Waals surface area contributed by atoms with Gasteiger partial charge < -0.3 is 20.3 Å². The Kier molecular flexibility index (Phi) is 52.6. The highest BCUT2D eigenvalue weighted by molar-refractivity contribution is 5.76. The van der Waals surface area contributed by atoms with E-state index >= 15 is 0 Å². The summed E-state index contributed by atoms with van der Waals surface area (Å²) < 4.78 is 5.46. The Morgan fingerprint density at radius 3 is 1.22 bits per heavy atom. The molecule has 0 aromatic heterocycles. The van der Waals surface area contributed by atoms with Gasteiger partial charge in [-0.2, -0.15) is 0 Å². The van der Waals surface area contributed by atoms with Gasteiger partial charge in [-0.1, -0.05) is 236 Å². The van der Waals surface area contributed by atoms with E-state index in [-0.39, 0.29) is 18.5 Å². The number of hydrogen-bond acceptors (Lipinski definition) is 5. The van der Waals surface area contributed by atoms with Crippen molar-refractivity contribution < 1.29 is 24.5 Å². The minimum Gasteiger partial charge on any atom is -0.466 e. The van der Waals surface area contributed by atoms with Gasteiger partial charge in [0.25, 0.3) is 0 Å². The minimum absolute atomic E-state index is 0.0184. The first kappa shape index (κ1) is 62.8. The fraction of sp³-hybridized carbons (Fsp3) is 0.831. The van der Waals surface area contributed by atoms with E-state index in [1.54, 1.807) is 6.08 Å². The molecule has 6 nitrogen and oxygen atoms in total. The number of rotatable bonds is 52. The molecule has 0 aliphatic carbocycles. The molecule has 2 unspecified atom stereocenters. The molecule has 2 atom stereocenters. The number of aliphatic hydroxyl groups excluding tert-OH is 2. The fourth-order valence-corrected chi connectivity index (χ4v) is 8.42. The Morgan fingerprint density at radius 1 is 0.431 bits per heavy atom. The topological polar surface area (TPSA) is 95.9 Å². The standard InChI is InChI=1S/C59H109NO5/c1-3-5-7-9-11-13-15-17-19-20-24-27-31-35-39-43-47-51-57(62)56(55-61)60-58(63)52-48-44-40-36-32-28-25-21-22-26-30-34-38-42-46-50-54-65-59(64)53-49-45-41-37-33-29-23-18-16-14-12-10-8-6-4-2/h12,14,18,21,23,25,47,51,56-57,61-62H,3-11,13,15-17,19-20,22,24,26-46,48-50,52-55H2,1-2H3,(H,60,63)/b14-12-,23-18-,25-21-,51-47+. The quantitative estimate of drug-likeness (QED) is 0.0321. The lowest BCUT2D eigenvalue weighted by molar-refractivity contribution is -0.143. The summed E-state index contributed by atoms with van der Waals surface area (Å²) in [4.78, 5) is 24.5. The SMILES string of the molecule is CCCCC/C=C\C/C=C\CCCCCCCC(=O)OCCCCCCCCC/C=C\CCCCCCCC(=O)NC(CO)C(O)/C=C/CCCCCCCCCCCCCCCCC. The van der Waals surface area contributed by atoms with E-state index in [0.717, 1.165) is 70.6 Å². The van der Waals surface area contributed by atoms with Crippen molar-refractivity contribution in [3.63, 3.8) is 0 Å². The highest BCUT2D eigenvalue weighted by atomic mass is 16.5. The lowest BCUT2D eigenvalue weighted by Crippen LogP contribution is -2.45. The normalized spacial score (nSPS) is 13.0. The molecular formula is C59H109NO5. The second-order valence-electron chi connectivity index (χ2n) is 19.3. The summed E-state index contributed by atoms with van der Waals surface area (Å²) in [5, 5.41) is 23.1. The van der Waals surface area contributed by atoms with Crippen LogP contribution in [0.3, 0.4) is 0 Å². The third-order valence-corrected chi connectivity index (χ3v) is 12.8. The van der Waals surface area contributed by atoms with E-state index in [0.29, 0.717) is 19.4 Å². The first-order valence-electron chi connectivity index (χ1n) is 28.4. The molecule has 0 bridgehead atoms. The van der Waals surface area contributed by atoms with Gasteiger partial charge in [0, 0.05) is 12.8 Å². The smallest absolute Gasteiger partial charge is 0.305 e. The Labute approximate surface area is 404 Å². The number of unbranched alkanes of at least 4 members (excludes halogenated alkanes) is 35. The van der Waals surface area contributed by atoms with Gasteiger partial charge in [0.2, 0.25) is 5.91 Å². The molecule has 0 rings (SSSR count). The van der Waals surface area contributed by atoms with Crippen molar-refractivity contribution in [1.29, 1.82) is 0 Å². The number of nitrogens with one attached hydrogen (secondary N) is 1. The predicted molar refractivity (Wildman–Crippen MR) is 282 cm³/mol. The molecule has 380 valence electrons. The molecule has 0 aromatic carbocycles. The van der Waals surface area contributed by atoms with Gasteiger partial charge >= 0.3 is 5.97 Å². The van der Waals surface area contributed by atoms with Gasteiger partial charge in [-0.3, -0.25) is 9.59 Å². The Hall–Kier alpha value is -2.18. The van der Waals surface area contributed by atoms with E-state index in [9.17, 15) is 19.8 Å². The fourth-order valence-electron chi connectivity index (χ4n) is 8.42. The van der Waals surface area contributed by atoms with Crippen molar-refractivity contribution in [2.45, 2.75) is 302 Å².